The molecule has 2 N–H and O–H groups in total. The van der Waals surface area contributed by atoms with Gasteiger partial charge in [-0.2, -0.15) is 0 Å². The van der Waals surface area contributed by atoms with Crippen molar-refractivity contribution in [1.29, 1.82) is 0 Å². The number of rotatable bonds is 8. The third kappa shape index (κ3) is 7.29. The summed E-state index contributed by atoms with van der Waals surface area (Å²) < 4.78 is 18.5. The van der Waals surface area contributed by atoms with E-state index < -0.39 is 0 Å². The molecule has 1 heterocycles. The van der Waals surface area contributed by atoms with Gasteiger partial charge in [0, 0.05) is 58.8 Å². The number of methoxy groups -OCH3 is 1. The van der Waals surface area contributed by atoms with Gasteiger partial charge in [0.05, 0.1) is 13.2 Å². The average molecular weight is 408 g/mol. The number of amides is 1. The summed E-state index contributed by atoms with van der Waals surface area (Å²) in [7, 11) is 3.39. The Morgan fingerprint density at radius 3 is 2.59 bits per heavy atom. The zero-order chi connectivity index (χ0) is 21.3. The Morgan fingerprint density at radius 1 is 1.24 bits per heavy atom. The molecule has 0 atom stereocenters. The van der Waals surface area contributed by atoms with Crippen LogP contribution >= 0.6 is 0 Å². The summed E-state index contributed by atoms with van der Waals surface area (Å²) in [5.74, 6) is 0.635. The lowest BCUT2D eigenvalue weighted by molar-refractivity contribution is -0.122. The number of aliphatic imine (C=N–C) groups is 1. The Morgan fingerprint density at radius 2 is 1.97 bits per heavy atom. The lowest BCUT2D eigenvalue weighted by Crippen LogP contribution is -2.55. The molecule has 0 unspecified atom stereocenters. The minimum Gasteiger partial charge on any atom is -0.383 e. The van der Waals surface area contributed by atoms with Crippen LogP contribution in [0.15, 0.2) is 29.3 Å². The largest absolute Gasteiger partial charge is 0.383 e. The van der Waals surface area contributed by atoms with Crippen molar-refractivity contribution in [2.45, 2.75) is 19.3 Å². The van der Waals surface area contributed by atoms with E-state index in [-0.39, 0.29) is 17.1 Å². The van der Waals surface area contributed by atoms with Crippen molar-refractivity contribution in [2.75, 3.05) is 66.6 Å². The van der Waals surface area contributed by atoms with E-state index in [2.05, 4.69) is 39.3 Å². The third-order valence-electron chi connectivity index (χ3n) is 5.17. The van der Waals surface area contributed by atoms with Gasteiger partial charge in [0.2, 0.25) is 5.91 Å². The number of ether oxygens (including phenoxy) is 1. The highest BCUT2D eigenvalue weighted by Gasteiger charge is 2.25. The second kappa shape index (κ2) is 11.1. The fraction of sp³-hybridized carbons (Fsp3) is 0.619. The summed E-state index contributed by atoms with van der Waals surface area (Å²) in [4.78, 5) is 20.7. The first kappa shape index (κ1) is 23.1. The van der Waals surface area contributed by atoms with Crippen molar-refractivity contribution in [3.05, 3.63) is 35.6 Å². The van der Waals surface area contributed by atoms with Gasteiger partial charge in [0.15, 0.2) is 5.96 Å². The van der Waals surface area contributed by atoms with E-state index >= 15 is 0 Å². The van der Waals surface area contributed by atoms with E-state index in [9.17, 15) is 9.18 Å². The lowest BCUT2D eigenvalue weighted by atomic mass is 9.84. The predicted octanol–water partition coefficient (Wildman–Crippen LogP) is 1.06. The van der Waals surface area contributed by atoms with Crippen LogP contribution in [-0.4, -0.2) is 88.2 Å². The van der Waals surface area contributed by atoms with Crippen molar-refractivity contribution in [3.63, 3.8) is 0 Å². The molecule has 1 saturated heterocycles. The number of nitrogens with zero attached hydrogens (tertiary/aromatic N) is 3. The van der Waals surface area contributed by atoms with Gasteiger partial charge in [-0.3, -0.25) is 14.7 Å². The Bertz CT molecular complexity index is 687. The lowest BCUT2D eigenvalue weighted by Gasteiger charge is -2.37. The molecule has 0 saturated carbocycles. The van der Waals surface area contributed by atoms with Gasteiger partial charge in [-0.1, -0.05) is 26.0 Å². The van der Waals surface area contributed by atoms with E-state index in [0.717, 1.165) is 37.7 Å². The first-order valence-corrected chi connectivity index (χ1v) is 10.1. The summed E-state index contributed by atoms with van der Waals surface area (Å²) in [5, 5.41) is 6.28. The summed E-state index contributed by atoms with van der Waals surface area (Å²) >= 11 is 0. The number of benzene rings is 1. The second-order valence-electron chi connectivity index (χ2n) is 7.90. The zero-order valence-electron chi connectivity index (χ0n) is 18.0. The number of carbonyl (C=O) groups is 1. The molecule has 8 heteroatoms. The van der Waals surface area contributed by atoms with Gasteiger partial charge >= 0.3 is 0 Å². The SMILES string of the molecule is CN=C(NCC(C)(C)c1cccc(F)c1)N1CCN(CC(=O)NCCOC)CC1. The van der Waals surface area contributed by atoms with Crippen molar-refractivity contribution >= 4 is 11.9 Å². The Balaban J connectivity index is 1.81. The van der Waals surface area contributed by atoms with Crippen LogP contribution in [0.1, 0.15) is 19.4 Å². The Hall–Kier alpha value is -2.19. The molecule has 1 aliphatic heterocycles. The zero-order valence-corrected chi connectivity index (χ0v) is 18.0. The van der Waals surface area contributed by atoms with Crippen LogP contribution in [0.25, 0.3) is 0 Å². The van der Waals surface area contributed by atoms with E-state index in [0.29, 0.717) is 26.2 Å². The van der Waals surface area contributed by atoms with Crippen molar-refractivity contribution in [1.82, 2.24) is 20.4 Å². The second-order valence-corrected chi connectivity index (χ2v) is 7.90. The van der Waals surface area contributed by atoms with Crippen LogP contribution in [0.2, 0.25) is 0 Å². The quantitative estimate of drug-likeness (QED) is 0.383. The number of piperazine rings is 1. The standard InChI is InChI=1S/C21H34FN5O2/c1-21(2,17-6-5-7-18(22)14-17)16-25-20(23-3)27-11-9-26(10-12-27)15-19(28)24-8-13-29-4/h5-7,14H,8-13,15-16H2,1-4H3,(H,23,25)(H,24,28). The number of carbonyl (C=O) groups excluding carboxylic acids is 1. The summed E-state index contributed by atoms with van der Waals surface area (Å²) in [6, 6.07) is 6.74. The minimum absolute atomic E-state index is 0.0230. The number of hydrogen-bond acceptors (Lipinski definition) is 4. The molecule has 162 valence electrons. The van der Waals surface area contributed by atoms with Crippen LogP contribution in [0.3, 0.4) is 0 Å². The summed E-state index contributed by atoms with van der Waals surface area (Å²) in [6.45, 7) is 9.46. The third-order valence-corrected chi connectivity index (χ3v) is 5.17. The molecule has 0 bridgehead atoms. The van der Waals surface area contributed by atoms with E-state index in [1.807, 2.05) is 6.07 Å². The normalized spacial score (nSPS) is 16.0. The van der Waals surface area contributed by atoms with Crippen LogP contribution in [0.4, 0.5) is 4.39 Å². The molecule has 1 aliphatic rings. The number of nitrogens with one attached hydrogen (secondary N) is 2. The fourth-order valence-corrected chi connectivity index (χ4v) is 3.31. The van der Waals surface area contributed by atoms with Gasteiger partial charge in [0.1, 0.15) is 5.82 Å². The number of halogens is 1. The van der Waals surface area contributed by atoms with Gasteiger partial charge in [-0.05, 0) is 17.7 Å². The molecule has 7 nitrogen and oxygen atoms in total. The van der Waals surface area contributed by atoms with Gasteiger partial charge < -0.3 is 20.3 Å². The van der Waals surface area contributed by atoms with Crippen LogP contribution in [0, 0.1) is 5.82 Å². The van der Waals surface area contributed by atoms with E-state index in [1.165, 1.54) is 6.07 Å². The van der Waals surface area contributed by atoms with Gasteiger partial charge in [-0.25, -0.2) is 4.39 Å². The molecule has 0 spiro atoms. The van der Waals surface area contributed by atoms with Crippen LogP contribution in [-0.2, 0) is 14.9 Å². The molecular formula is C21H34FN5O2. The minimum atomic E-state index is -0.236. The molecule has 2 rings (SSSR count). The maximum absolute atomic E-state index is 13.6. The maximum atomic E-state index is 13.6. The topological polar surface area (TPSA) is 69.2 Å². The molecule has 1 aromatic carbocycles. The monoisotopic (exact) mass is 407 g/mol. The highest BCUT2D eigenvalue weighted by Crippen LogP contribution is 2.23. The molecular weight excluding hydrogens is 373 g/mol. The Labute approximate surface area is 173 Å². The molecule has 1 fully saturated rings. The highest BCUT2D eigenvalue weighted by atomic mass is 19.1. The van der Waals surface area contributed by atoms with Crippen LogP contribution in [0.5, 0.6) is 0 Å². The fourth-order valence-electron chi connectivity index (χ4n) is 3.31. The van der Waals surface area contributed by atoms with E-state index in [1.54, 1.807) is 26.3 Å². The number of guanidine groups is 1. The molecule has 1 aromatic rings. The van der Waals surface area contributed by atoms with Crippen molar-refractivity contribution in [3.8, 4) is 0 Å². The maximum Gasteiger partial charge on any atom is 0.234 e. The van der Waals surface area contributed by atoms with Gasteiger partial charge in [-0.15, -0.1) is 0 Å². The Kier molecular flexibility index (Phi) is 8.85. The first-order valence-electron chi connectivity index (χ1n) is 10.1. The predicted molar refractivity (Wildman–Crippen MR) is 114 cm³/mol. The first-order chi connectivity index (χ1) is 13.9. The summed E-state index contributed by atoms with van der Waals surface area (Å²) in [6.07, 6.45) is 0. The molecule has 0 aliphatic carbocycles. The molecule has 1 amide bonds. The van der Waals surface area contributed by atoms with E-state index in [4.69, 9.17) is 4.74 Å². The van der Waals surface area contributed by atoms with Gasteiger partial charge in [0.25, 0.3) is 0 Å². The summed E-state index contributed by atoms with van der Waals surface area (Å²) in [5.41, 5.74) is 0.713. The molecule has 0 aromatic heterocycles. The van der Waals surface area contributed by atoms with Crippen molar-refractivity contribution < 1.29 is 13.9 Å². The van der Waals surface area contributed by atoms with Crippen molar-refractivity contribution in [2.24, 2.45) is 4.99 Å². The highest BCUT2D eigenvalue weighted by molar-refractivity contribution is 5.80. The molecule has 0 radical (unpaired) electrons. The number of hydrogen-bond donors (Lipinski definition) is 2. The molecule has 29 heavy (non-hydrogen) atoms. The smallest absolute Gasteiger partial charge is 0.234 e. The van der Waals surface area contributed by atoms with Crippen LogP contribution < -0.4 is 10.6 Å². The average Bonchev–Trinajstić information content (AvgIpc) is 2.70.